The first-order chi connectivity index (χ1) is 10.5. The molecule has 0 fully saturated rings. The van der Waals surface area contributed by atoms with E-state index in [9.17, 15) is 21.6 Å². The summed E-state index contributed by atoms with van der Waals surface area (Å²) in [6.07, 6.45) is -4.65. The molecule has 0 radical (unpaired) electrons. The van der Waals surface area contributed by atoms with Gasteiger partial charge in [0.05, 0.1) is 16.1 Å². The fourth-order valence-corrected chi connectivity index (χ4v) is 4.73. The molecular formula is C13H7Br3F3NO2S. The summed E-state index contributed by atoms with van der Waals surface area (Å²) in [6.45, 7) is 0. The van der Waals surface area contributed by atoms with Gasteiger partial charge in [-0.25, -0.2) is 8.42 Å². The van der Waals surface area contributed by atoms with Gasteiger partial charge in [-0.2, -0.15) is 13.2 Å². The lowest BCUT2D eigenvalue weighted by Gasteiger charge is -2.13. The Labute approximate surface area is 155 Å². The molecule has 0 atom stereocenters. The minimum Gasteiger partial charge on any atom is -0.278 e. The van der Waals surface area contributed by atoms with Crippen molar-refractivity contribution in [2.45, 2.75) is 11.1 Å². The molecule has 10 heteroatoms. The van der Waals surface area contributed by atoms with E-state index in [0.717, 1.165) is 12.1 Å². The first-order valence-corrected chi connectivity index (χ1v) is 9.71. The summed E-state index contributed by atoms with van der Waals surface area (Å²) < 4.78 is 66.6. The average molecular weight is 538 g/mol. The second-order valence-electron chi connectivity index (χ2n) is 4.40. The van der Waals surface area contributed by atoms with Gasteiger partial charge in [0, 0.05) is 13.4 Å². The highest BCUT2D eigenvalue weighted by atomic mass is 79.9. The van der Waals surface area contributed by atoms with Crippen LogP contribution >= 0.6 is 47.8 Å². The van der Waals surface area contributed by atoms with Crippen molar-refractivity contribution < 1.29 is 21.6 Å². The van der Waals surface area contributed by atoms with Gasteiger partial charge in [0.1, 0.15) is 0 Å². The van der Waals surface area contributed by atoms with Crippen molar-refractivity contribution in [2.24, 2.45) is 0 Å². The molecule has 0 saturated heterocycles. The molecule has 1 N–H and O–H groups in total. The lowest BCUT2D eigenvalue weighted by atomic mass is 10.2. The molecule has 3 nitrogen and oxygen atoms in total. The summed E-state index contributed by atoms with van der Waals surface area (Å²) in [5.74, 6) is 0. The topological polar surface area (TPSA) is 46.2 Å². The number of halogens is 6. The van der Waals surface area contributed by atoms with E-state index in [-0.39, 0.29) is 10.2 Å². The SMILES string of the molecule is O=S(=O)(Nc1ccc(Br)cc1Br)c1cc(Br)cc(C(F)(F)F)c1. The van der Waals surface area contributed by atoms with Crippen molar-refractivity contribution >= 4 is 63.5 Å². The number of alkyl halides is 3. The Morgan fingerprint density at radius 3 is 2.13 bits per heavy atom. The van der Waals surface area contributed by atoms with Crippen LogP contribution in [0.1, 0.15) is 5.56 Å². The lowest BCUT2D eigenvalue weighted by molar-refractivity contribution is -0.137. The minimum atomic E-state index is -4.65. The summed E-state index contributed by atoms with van der Waals surface area (Å²) >= 11 is 9.31. The third-order valence-corrected chi connectivity index (χ3v) is 5.64. The smallest absolute Gasteiger partial charge is 0.278 e. The van der Waals surface area contributed by atoms with Crippen molar-refractivity contribution in [2.75, 3.05) is 4.72 Å². The quantitative estimate of drug-likeness (QED) is 0.538. The van der Waals surface area contributed by atoms with E-state index in [4.69, 9.17) is 0 Å². The Morgan fingerprint density at radius 1 is 0.913 bits per heavy atom. The Kier molecular flexibility index (Phi) is 5.49. The number of anilines is 1. The van der Waals surface area contributed by atoms with E-state index in [1.54, 1.807) is 12.1 Å². The molecular weight excluding hydrogens is 531 g/mol. The molecule has 2 rings (SSSR count). The molecule has 0 saturated carbocycles. The number of sulfonamides is 1. The molecule has 0 aromatic heterocycles. The van der Waals surface area contributed by atoms with Crippen molar-refractivity contribution in [3.05, 3.63) is 55.4 Å². The Bertz CT molecular complexity index is 854. The number of benzene rings is 2. The van der Waals surface area contributed by atoms with Crippen LogP contribution < -0.4 is 4.72 Å². The second-order valence-corrected chi connectivity index (χ2v) is 8.77. The van der Waals surface area contributed by atoms with Gasteiger partial charge in [0.25, 0.3) is 10.0 Å². The molecule has 0 aliphatic heterocycles. The van der Waals surface area contributed by atoms with Crippen molar-refractivity contribution in [1.82, 2.24) is 0 Å². The van der Waals surface area contributed by atoms with Gasteiger partial charge >= 0.3 is 6.18 Å². The van der Waals surface area contributed by atoms with Crippen LogP contribution in [0.4, 0.5) is 18.9 Å². The van der Waals surface area contributed by atoms with Crippen LogP contribution in [-0.2, 0) is 16.2 Å². The predicted octanol–water partition coefficient (Wildman–Crippen LogP) is 5.79. The van der Waals surface area contributed by atoms with E-state index in [1.165, 1.54) is 6.07 Å². The highest BCUT2D eigenvalue weighted by Gasteiger charge is 2.32. The van der Waals surface area contributed by atoms with Gasteiger partial charge in [-0.15, -0.1) is 0 Å². The zero-order chi connectivity index (χ0) is 17.4. The monoisotopic (exact) mass is 535 g/mol. The van der Waals surface area contributed by atoms with Crippen molar-refractivity contribution in [3.63, 3.8) is 0 Å². The molecule has 2 aromatic carbocycles. The zero-order valence-corrected chi connectivity index (χ0v) is 16.5. The molecule has 23 heavy (non-hydrogen) atoms. The van der Waals surface area contributed by atoms with E-state index in [0.29, 0.717) is 15.0 Å². The summed E-state index contributed by atoms with van der Waals surface area (Å²) in [5.41, 5.74) is -0.844. The standard InChI is InChI=1S/C13H7Br3F3NO2S/c14-8-1-2-12(11(16)6-8)20-23(21,22)10-4-7(13(17,18)19)3-9(15)5-10/h1-6,20H. The van der Waals surface area contributed by atoms with Crippen LogP contribution in [0.5, 0.6) is 0 Å². The summed E-state index contributed by atoms with van der Waals surface area (Å²) in [6, 6.07) is 7.19. The lowest BCUT2D eigenvalue weighted by Crippen LogP contribution is -2.15. The van der Waals surface area contributed by atoms with Gasteiger partial charge in [-0.1, -0.05) is 31.9 Å². The molecule has 2 aromatic rings. The highest BCUT2D eigenvalue weighted by molar-refractivity contribution is 9.11. The predicted molar refractivity (Wildman–Crippen MR) is 91.8 cm³/mol. The van der Waals surface area contributed by atoms with Gasteiger partial charge in [0.2, 0.25) is 0 Å². The Morgan fingerprint density at radius 2 is 1.57 bits per heavy atom. The largest absolute Gasteiger partial charge is 0.416 e. The van der Waals surface area contributed by atoms with E-state index >= 15 is 0 Å². The Balaban J connectivity index is 2.46. The van der Waals surface area contributed by atoms with E-state index in [1.807, 2.05) is 0 Å². The first-order valence-electron chi connectivity index (χ1n) is 5.85. The maximum Gasteiger partial charge on any atom is 0.416 e. The number of rotatable bonds is 3. The molecule has 0 heterocycles. The number of nitrogens with one attached hydrogen (secondary N) is 1. The van der Waals surface area contributed by atoms with E-state index in [2.05, 4.69) is 52.5 Å². The number of hydrogen-bond acceptors (Lipinski definition) is 2. The summed E-state index contributed by atoms with van der Waals surface area (Å²) in [7, 11) is -4.18. The van der Waals surface area contributed by atoms with E-state index < -0.39 is 26.7 Å². The summed E-state index contributed by atoms with van der Waals surface area (Å²) in [4.78, 5) is -0.492. The summed E-state index contributed by atoms with van der Waals surface area (Å²) in [5, 5.41) is 0. The van der Waals surface area contributed by atoms with Crippen LogP contribution in [0, 0.1) is 0 Å². The third kappa shape index (κ3) is 4.71. The van der Waals surface area contributed by atoms with Crippen molar-refractivity contribution in [1.29, 1.82) is 0 Å². The molecule has 0 bridgehead atoms. The van der Waals surface area contributed by atoms with Crippen LogP contribution in [0.25, 0.3) is 0 Å². The molecule has 0 aliphatic rings. The fourth-order valence-electron chi connectivity index (χ4n) is 1.66. The molecule has 0 spiro atoms. The molecule has 0 aliphatic carbocycles. The van der Waals surface area contributed by atoms with Crippen LogP contribution in [0.15, 0.2) is 54.7 Å². The van der Waals surface area contributed by atoms with Gasteiger partial charge in [-0.05, 0) is 52.3 Å². The van der Waals surface area contributed by atoms with Gasteiger partial charge in [0.15, 0.2) is 0 Å². The fraction of sp³-hybridized carbons (Fsp3) is 0.0769. The second kappa shape index (κ2) is 6.73. The normalized spacial score (nSPS) is 12.3. The minimum absolute atomic E-state index is 0.0163. The molecule has 0 amide bonds. The van der Waals surface area contributed by atoms with Crippen LogP contribution in [0.2, 0.25) is 0 Å². The van der Waals surface area contributed by atoms with Gasteiger partial charge in [-0.3, -0.25) is 4.72 Å². The Hall–Kier alpha value is -0.580. The zero-order valence-electron chi connectivity index (χ0n) is 11.0. The van der Waals surface area contributed by atoms with Gasteiger partial charge < -0.3 is 0 Å². The average Bonchev–Trinajstić information content (AvgIpc) is 2.40. The van der Waals surface area contributed by atoms with Crippen LogP contribution in [-0.4, -0.2) is 8.42 Å². The van der Waals surface area contributed by atoms with Crippen molar-refractivity contribution in [3.8, 4) is 0 Å². The third-order valence-electron chi connectivity index (χ3n) is 2.68. The highest BCUT2D eigenvalue weighted by Crippen LogP contribution is 2.34. The molecule has 124 valence electrons. The molecule has 0 unspecified atom stereocenters. The first kappa shape index (κ1) is 18.8. The number of hydrogen-bond donors (Lipinski definition) is 1. The maximum absolute atomic E-state index is 12.8. The maximum atomic E-state index is 12.8. The van der Waals surface area contributed by atoms with Crippen LogP contribution in [0.3, 0.4) is 0 Å².